The van der Waals surface area contributed by atoms with Crippen molar-refractivity contribution in [2.75, 3.05) is 13.7 Å². The van der Waals surface area contributed by atoms with E-state index in [9.17, 15) is 4.79 Å². The van der Waals surface area contributed by atoms with Gasteiger partial charge in [0.25, 0.3) is 5.91 Å². The van der Waals surface area contributed by atoms with E-state index in [1.165, 1.54) is 0 Å². The molecule has 152 valence electrons. The maximum absolute atomic E-state index is 13.0. The summed E-state index contributed by atoms with van der Waals surface area (Å²) in [5, 5.41) is 0. The van der Waals surface area contributed by atoms with Crippen molar-refractivity contribution < 1.29 is 14.3 Å². The lowest BCUT2D eigenvalue weighted by atomic mass is 9.92. The van der Waals surface area contributed by atoms with Crippen molar-refractivity contribution in [2.45, 2.75) is 51.7 Å². The third-order valence-corrected chi connectivity index (χ3v) is 5.51. The standard InChI is InChI=1S/C21H28BrN3O3/c1-21(2,3)18-12-19(25(24(18)4)13-15-7-6-10-28-15)23-20(26)16-11-14(22)8-9-17(16)27-5/h8-9,11-12,15H,6-7,10,13H2,1-5H3/b23-19+/t15-/m1/s1. The van der Waals surface area contributed by atoms with Gasteiger partial charge in [0.2, 0.25) is 0 Å². The summed E-state index contributed by atoms with van der Waals surface area (Å²) < 4.78 is 16.1. The predicted octanol–water partition coefficient (Wildman–Crippen LogP) is 3.82. The van der Waals surface area contributed by atoms with Crippen molar-refractivity contribution >= 4 is 21.8 Å². The summed E-state index contributed by atoms with van der Waals surface area (Å²) in [6.07, 6.45) is 2.24. The highest BCUT2D eigenvalue weighted by Gasteiger charge is 2.24. The van der Waals surface area contributed by atoms with E-state index in [1.54, 1.807) is 19.2 Å². The normalized spacial score (nSPS) is 17.9. The summed E-state index contributed by atoms with van der Waals surface area (Å²) in [7, 11) is 3.57. The van der Waals surface area contributed by atoms with E-state index < -0.39 is 0 Å². The van der Waals surface area contributed by atoms with E-state index in [2.05, 4.69) is 46.4 Å². The molecular weight excluding hydrogens is 422 g/mol. The Morgan fingerprint density at radius 1 is 1.36 bits per heavy atom. The molecule has 7 heteroatoms. The lowest BCUT2D eigenvalue weighted by molar-refractivity contribution is 0.0885. The Kier molecular flexibility index (Phi) is 6.15. The van der Waals surface area contributed by atoms with E-state index in [-0.39, 0.29) is 17.4 Å². The number of amides is 1. The SMILES string of the molecule is COc1ccc(Br)cc1C(=O)/N=c1\cc(C(C)(C)C)n(C)n1C[C@H]1CCCO1. The van der Waals surface area contributed by atoms with Gasteiger partial charge in [-0.15, -0.1) is 0 Å². The molecule has 1 aromatic heterocycles. The number of carbonyl (C=O) groups excluding carboxylic acids is 1. The number of halogens is 1. The number of benzene rings is 1. The maximum Gasteiger partial charge on any atom is 0.282 e. The van der Waals surface area contributed by atoms with Gasteiger partial charge in [-0.3, -0.25) is 14.2 Å². The van der Waals surface area contributed by atoms with Crippen molar-refractivity contribution in [1.29, 1.82) is 0 Å². The van der Waals surface area contributed by atoms with Crippen LogP contribution in [0.3, 0.4) is 0 Å². The Balaban J connectivity index is 2.08. The summed E-state index contributed by atoms with van der Waals surface area (Å²) in [5.41, 5.74) is 2.10. The fraction of sp³-hybridized carbons (Fsp3) is 0.524. The summed E-state index contributed by atoms with van der Waals surface area (Å²) in [4.78, 5) is 17.4. The summed E-state index contributed by atoms with van der Waals surface area (Å²) >= 11 is 3.42. The number of methoxy groups -OCH3 is 1. The van der Waals surface area contributed by atoms with E-state index >= 15 is 0 Å². The average Bonchev–Trinajstić information content (AvgIpc) is 3.24. The molecule has 1 atom stereocenters. The molecule has 6 nitrogen and oxygen atoms in total. The zero-order valence-electron chi connectivity index (χ0n) is 17.2. The quantitative estimate of drug-likeness (QED) is 0.712. The monoisotopic (exact) mass is 449 g/mol. The number of rotatable bonds is 4. The molecule has 1 saturated heterocycles. The van der Waals surface area contributed by atoms with Gasteiger partial charge < -0.3 is 9.47 Å². The number of ether oxygens (including phenoxy) is 2. The smallest absolute Gasteiger partial charge is 0.282 e. The molecule has 0 unspecified atom stereocenters. The van der Waals surface area contributed by atoms with Crippen LogP contribution < -0.4 is 10.2 Å². The number of carbonyl (C=O) groups is 1. The van der Waals surface area contributed by atoms with Gasteiger partial charge in [0.15, 0.2) is 5.49 Å². The first-order valence-corrected chi connectivity index (χ1v) is 10.3. The van der Waals surface area contributed by atoms with Crippen LogP contribution in [0.15, 0.2) is 33.7 Å². The van der Waals surface area contributed by atoms with Crippen molar-refractivity contribution in [3.8, 4) is 5.75 Å². The van der Waals surface area contributed by atoms with Gasteiger partial charge in [0.05, 0.1) is 25.3 Å². The molecule has 1 aliphatic rings. The van der Waals surface area contributed by atoms with Crippen LogP contribution in [-0.2, 0) is 23.7 Å². The average molecular weight is 450 g/mol. The van der Waals surface area contributed by atoms with Crippen molar-refractivity contribution in [3.63, 3.8) is 0 Å². The minimum atomic E-state index is -0.328. The van der Waals surface area contributed by atoms with Crippen LogP contribution in [0, 0.1) is 0 Å². The molecule has 2 heterocycles. The maximum atomic E-state index is 13.0. The fourth-order valence-corrected chi connectivity index (χ4v) is 3.94. The molecule has 1 aliphatic heterocycles. The molecule has 0 spiro atoms. The van der Waals surface area contributed by atoms with Crippen molar-refractivity contribution in [1.82, 2.24) is 9.36 Å². The number of hydrogen-bond acceptors (Lipinski definition) is 3. The van der Waals surface area contributed by atoms with Gasteiger partial charge in [-0.2, -0.15) is 4.99 Å². The number of hydrogen-bond donors (Lipinski definition) is 0. The van der Waals surface area contributed by atoms with Gasteiger partial charge in [-0.25, -0.2) is 0 Å². The zero-order chi connectivity index (χ0) is 20.5. The van der Waals surface area contributed by atoms with Gasteiger partial charge in [-0.1, -0.05) is 36.7 Å². The highest BCUT2D eigenvalue weighted by Crippen LogP contribution is 2.24. The minimum Gasteiger partial charge on any atom is -0.496 e. The topological polar surface area (TPSA) is 57.8 Å². The Bertz CT molecular complexity index is 931. The molecule has 3 rings (SSSR count). The molecular formula is C21H28BrN3O3. The Morgan fingerprint density at radius 3 is 2.71 bits per heavy atom. The fourth-order valence-electron chi connectivity index (χ4n) is 3.57. The van der Waals surface area contributed by atoms with Crippen LogP contribution in [0.2, 0.25) is 0 Å². The zero-order valence-corrected chi connectivity index (χ0v) is 18.7. The van der Waals surface area contributed by atoms with Crippen molar-refractivity contribution in [3.05, 3.63) is 45.5 Å². The van der Waals surface area contributed by atoms with E-state index in [4.69, 9.17) is 9.47 Å². The summed E-state index contributed by atoms with van der Waals surface area (Å²) in [6, 6.07) is 7.34. The first-order chi connectivity index (χ1) is 13.2. The Labute approximate surface area is 174 Å². The third-order valence-electron chi connectivity index (χ3n) is 5.02. The molecule has 0 aliphatic carbocycles. The Hall–Kier alpha value is -1.86. The van der Waals surface area contributed by atoms with Gasteiger partial charge >= 0.3 is 0 Å². The van der Waals surface area contributed by atoms with Gasteiger partial charge in [0.1, 0.15) is 5.75 Å². The predicted molar refractivity (Wildman–Crippen MR) is 112 cm³/mol. The first-order valence-electron chi connectivity index (χ1n) is 9.52. The number of aromatic nitrogens is 2. The lowest BCUT2D eigenvalue weighted by Crippen LogP contribution is -2.30. The van der Waals surface area contributed by atoms with Gasteiger partial charge in [-0.05, 0) is 31.0 Å². The van der Waals surface area contributed by atoms with E-state index in [0.29, 0.717) is 23.3 Å². The van der Waals surface area contributed by atoms with E-state index in [1.807, 2.05) is 23.9 Å². The molecule has 0 radical (unpaired) electrons. The third kappa shape index (κ3) is 4.41. The highest BCUT2D eigenvalue weighted by molar-refractivity contribution is 9.10. The first kappa shape index (κ1) is 20.9. The summed E-state index contributed by atoms with van der Waals surface area (Å²) in [6.45, 7) is 7.93. The minimum absolute atomic E-state index is 0.0721. The second-order valence-electron chi connectivity index (χ2n) is 8.14. The van der Waals surface area contributed by atoms with Crippen LogP contribution in [0.5, 0.6) is 5.75 Å². The van der Waals surface area contributed by atoms with Gasteiger partial charge in [0, 0.05) is 35.3 Å². The molecule has 1 fully saturated rings. The number of nitrogens with zero attached hydrogens (tertiary/aromatic N) is 3. The van der Waals surface area contributed by atoms with Crippen LogP contribution >= 0.6 is 15.9 Å². The summed E-state index contributed by atoms with van der Waals surface area (Å²) in [5.74, 6) is 0.180. The highest BCUT2D eigenvalue weighted by atomic mass is 79.9. The van der Waals surface area contributed by atoms with Crippen LogP contribution in [0.25, 0.3) is 0 Å². The van der Waals surface area contributed by atoms with Crippen LogP contribution in [0.4, 0.5) is 0 Å². The van der Waals surface area contributed by atoms with Crippen LogP contribution in [-0.4, -0.2) is 35.1 Å². The largest absolute Gasteiger partial charge is 0.496 e. The lowest BCUT2D eigenvalue weighted by Gasteiger charge is -2.21. The second kappa shape index (κ2) is 8.25. The molecule has 2 aromatic rings. The second-order valence-corrected chi connectivity index (χ2v) is 9.06. The van der Waals surface area contributed by atoms with Crippen molar-refractivity contribution in [2.24, 2.45) is 12.0 Å². The molecule has 1 aromatic carbocycles. The Morgan fingerprint density at radius 2 is 2.11 bits per heavy atom. The molecule has 1 amide bonds. The molecule has 0 saturated carbocycles. The molecule has 0 N–H and O–H groups in total. The molecule has 28 heavy (non-hydrogen) atoms. The van der Waals surface area contributed by atoms with Crippen LogP contribution in [0.1, 0.15) is 49.7 Å². The molecule has 0 bridgehead atoms. The van der Waals surface area contributed by atoms with E-state index in [0.717, 1.165) is 29.6 Å².